The minimum absolute atomic E-state index is 0.103. The summed E-state index contributed by atoms with van der Waals surface area (Å²) in [7, 11) is 0. The lowest BCUT2D eigenvalue weighted by molar-refractivity contribution is 0.0756. The molecule has 0 unspecified atom stereocenters. The predicted octanol–water partition coefficient (Wildman–Crippen LogP) is 2.18. The Balaban J connectivity index is 1.49. The first-order valence-corrected chi connectivity index (χ1v) is 8.32. The van der Waals surface area contributed by atoms with E-state index in [2.05, 4.69) is 20.0 Å². The molecular formula is C17H19N5O3. The maximum Gasteiger partial charge on any atom is 0.300 e. The number of aromatic nitrogens is 3. The fraction of sp³-hybridized carbons (Fsp3) is 0.412. The van der Waals surface area contributed by atoms with Crippen LogP contribution in [0.25, 0.3) is 11.2 Å². The van der Waals surface area contributed by atoms with E-state index < -0.39 is 0 Å². The number of aryl methyl sites for hydroxylation is 2. The van der Waals surface area contributed by atoms with Crippen LogP contribution in [-0.2, 0) is 0 Å². The van der Waals surface area contributed by atoms with E-state index >= 15 is 0 Å². The van der Waals surface area contributed by atoms with E-state index in [0.29, 0.717) is 48.3 Å². The van der Waals surface area contributed by atoms with Crippen LogP contribution in [0.1, 0.15) is 28.4 Å². The maximum absolute atomic E-state index is 12.5. The van der Waals surface area contributed by atoms with Crippen molar-refractivity contribution in [1.29, 1.82) is 0 Å². The molecule has 8 heteroatoms. The number of nitrogens with zero attached hydrogens (tertiary/aromatic N) is 5. The van der Waals surface area contributed by atoms with Crippen molar-refractivity contribution in [2.45, 2.75) is 20.3 Å². The zero-order valence-corrected chi connectivity index (χ0v) is 14.2. The van der Waals surface area contributed by atoms with Gasteiger partial charge in [0.15, 0.2) is 11.3 Å². The number of pyridine rings is 1. The lowest BCUT2D eigenvalue weighted by atomic mass is 10.3. The zero-order valence-electron chi connectivity index (χ0n) is 14.2. The van der Waals surface area contributed by atoms with E-state index in [1.54, 1.807) is 17.9 Å². The molecule has 3 aromatic heterocycles. The van der Waals surface area contributed by atoms with Crippen LogP contribution in [0.3, 0.4) is 0 Å². The Kier molecular flexibility index (Phi) is 3.87. The molecule has 4 heterocycles. The van der Waals surface area contributed by atoms with Gasteiger partial charge in [-0.2, -0.15) is 4.98 Å². The van der Waals surface area contributed by atoms with Gasteiger partial charge in [0, 0.05) is 37.9 Å². The Morgan fingerprint density at radius 1 is 1.12 bits per heavy atom. The van der Waals surface area contributed by atoms with Gasteiger partial charge in [-0.05, 0) is 32.4 Å². The van der Waals surface area contributed by atoms with Crippen LogP contribution in [0.5, 0.6) is 0 Å². The van der Waals surface area contributed by atoms with Crippen LogP contribution < -0.4 is 4.90 Å². The summed E-state index contributed by atoms with van der Waals surface area (Å²) in [6.07, 6.45) is 0.827. The van der Waals surface area contributed by atoms with Crippen LogP contribution in [-0.4, -0.2) is 52.1 Å². The van der Waals surface area contributed by atoms with Crippen LogP contribution in [0, 0.1) is 13.8 Å². The second kappa shape index (κ2) is 6.19. The third-order valence-corrected chi connectivity index (χ3v) is 4.28. The Morgan fingerprint density at radius 3 is 2.80 bits per heavy atom. The van der Waals surface area contributed by atoms with E-state index in [-0.39, 0.29) is 5.91 Å². The van der Waals surface area contributed by atoms with Gasteiger partial charge in [-0.25, -0.2) is 4.98 Å². The summed E-state index contributed by atoms with van der Waals surface area (Å²) in [6.45, 7) is 6.36. The Morgan fingerprint density at radius 2 is 2.00 bits per heavy atom. The van der Waals surface area contributed by atoms with Gasteiger partial charge >= 0.3 is 0 Å². The minimum Gasteiger partial charge on any atom is -0.422 e. The van der Waals surface area contributed by atoms with E-state index in [4.69, 9.17) is 8.94 Å². The number of hydrogen-bond acceptors (Lipinski definition) is 7. The number of rotatable bonds is 2. The molecule has 1 saturated heterocycles. The first-order chi connectivity index (χ1) is 12.1. The van der Waals surface area contributed by atoms with Crippen LogP contribution >= 0.6 is 0 Å². The van der Waals surface area contributed by atoms with Gasteiger partial charge in [0.1, 0.15) is 5.76 Å². The monoisotopic (exact) mass is 341 g/mol. The van der Waals surface area contributed by atoms with Crippen LogP contribution in [0.15, 0.2) is 27.1 Å². The number of carbonyl (C=O) groups is 1. The molecule has 1 aliphatic heterocycles. The lowest BCUT2D eigenvalue weighted by Crippen LogP contribution is -2.35. The summed E-state index contributed by atoms with van der Waals surface area (Å²) in [4.78, 5) is 25.2. The number of carbonyl (C=O) groups excluding carboxylic acids is 1. The summed E-state index contributed by atoms with van der Waals surface area (Å²) >= 11 is 0. The molecule has 0 radical (unpaired) electrons. The van der Waals surface area contributed by atoms with Gasteiger partial charge in [-0.3, -0.25) is 4.79 Å². The largest absolute Gasteiger partial charge is 0.422 e. The van der Waals surface area contributed by atoms with Crippen molar-refractivity contribution >= 4 is 23.2 Å². The lowest BCUT2D eigenvalue weighted by Gasteiger charge is -2.20. The molecule has 0 N–H and O–H groups in total. The number of anilines is 1. The molecule has 1 amide bonds. The third kappa shape index (κ3) is 3.07. The van der Waals surface area contributed by atoms with Crippen molar-refractivity contribution in [1.82, 2.24) is 20.0 Å². The summed E-state index contributed by atoms with van der Waals surface area (Å²) in [5.74, 6) is 0.530. The summed E-state index contributed by atoms with van der Waals surface area (Å²) < 4.78 is 10.8. The normalized spacial score (nSPS) is 15.6. The van der Waals surface area contributed by atoms with Crippen molar-refractivity contribution in [2.24, 2.45) is 0 Å². The van der Waals surface area contributed by atoms with Gasteiger partial charge in [0.2, 0.25) is 5.65 Å². The average molecular weight is 341 g/mol. The minimum atomic E-state index is -0.103. The van der Waals surface area contributed by atoms with Gasteiger partial charge < -0.3 is 18.7 Å². The SMILES string of the molecule is Cc1ccc2oc(N3CCCN(C(=O)c4cc(C)on4)CC3)nc2n1. The Hall–Kier alpha value is -2.90. The smallest absolute Gasteiger partial charge is 0.300 e. The van der Waals surface area contributed by atoms with Crippen molar-refractivity contribution in [3.63, 3.8) is 0 Å². The highest BCUT2D eigenvalue weighted by Gasteiger charge is 2.24. The summed E-state index contributed by atoms with van der Waals surface area (Å²) in [5.41, 5.74) is 2.55. The van der Waals surface area contributed by atoms with Crippen LogP contribution in [0.2, 0.25) is 0 Å². The summed E-state index contributed by atoms with van der Waals surface area (Å²) in [6, 6.07) is 6.01. The quantitative estimate of drug-likeness (QED) is 0.706. The molecule has 3 aromatic rings. The first kappa shape index (κ1) is 15.6. The van der Waals surface area contributed by atoms with Crippen molar-refractivity contribution in [3.05, 3.63) is 35.3 Å². The van der Waals surface area contributed by atoms with Crippen molar-refractivity contribution < 1.29 is 13.7 Å². The molecule has 0 aliphatic carbocycles. The zero-order chi connectivity index (χ0) is 17.4. The van der Waals surface area contributed by atoms with Gasteiger partial charge in [-0.1, -0.05) is 5.16 Å². The molecule has 4 rings (SSSR count). The predicted molar refractivity (Wildman–Crippen MR) is 90.5 cm³/mol. The molecule has 25 heavy (non-hydrogen) atoms. The van der Waals surface area contributed by atoms with Crippen LogP contribution in [0.4, 0.5) is 6.01 Å². The van der Waals surface area contributed by atoms with Crippen molar-refractivity contribution in [2.75, 3.05) is 31.1 Å². The first-order valence-electron chi connectivity index (χ1n) is 8.32. The Labute approximate surface area is 144 Å². The standard InChI is InChI=1S/C17H19N5O3/c1-11-4-5-14-15(18-11)19-17(24-14)22-7-3-6-21(8-9-22)16(23)13-10-12(2)25-20-13/h4-5,10H,3,6-9H2,1-2H3. The molecule has 0 saturated carbocycles. The maximum atomic E-state index is 12.5. The number of hydrogen-bond donors (Lipinski definition) is 0. The second-order valence-electron chi connectivity index (χ2n) is 6.23. The number of oxazole rings is 1. The van der Waals surface area contributed by atoms with E-state index in [9.17, 15) is 4.79 Å². The van der Waals surface area contributed by atoms with E-state index in [1.165, 1.54) is 0 Å². The van der Waals surface area contributed by atoms with E-state index in [1.807, 2.05) is 19.1 Å². The highest BCUT2D eigenvalue weighted by atomic mass is 16.5. The Bertz CT molecular complexity index is 916. The molecule has 1 aliphatic rings. The topological polar surface area (TPSA) is 88.5 Å². The van der Waals surface area contributed by atoms with E-state index in [0.717, 1.165) is 18.7 Å². The molecule has 8 nitrogen and oxygen atoms in total. The molecule has 1 fully saturated rings. The molecule has 0 aromatic carbocycles. The fourth-order valence-electron chi connectivity index (χ4n) is 2.98. The molecule has 0 spiro atoms. The van der Waals surface area contributed by atoms with Gasteiger partial charge in [-0.15, -0.1) is 0 Å². The highest BCUT2D eigenvalue weighted by molar-refractivity contribution is 5.92. The molecule has 0 atom stereocenters. The summed E-state index contributed by atoms with van der Waals surface area (Å²) in [5, 5.41) is 3.82. The molecule has 0 bridgehead atoms. The fourth-order valence-corrected chi connectivity index (χ4v) is 2.98. The third-order valence-electron chi connectivity index (χ3n) is 4.28. The molecular weight excluding hydrogens is 322 g/mol. The number of fused-ring (bicyclic) bond motifs is 1. The second-order valence-corrected chi connectivity index (χ2v) is 6.23. The van der Waals surface area contributed by atoms with Gasteiger partial charge in [0.05, 0.1) is 0 Å². The number of amides is 1. The van der Waals surface area contributed by atoms with Gasteiger partial charge in [0.25, 0.3) is 11.9 Å². The van der Waals surface area contributed by atoms with Crippen molar-refractivity contribution in [3.8, 4) is 0 Å². The average Bonchev–Trinajstić information content (AvgIpc) is 3.12. The highest BCUT2D eigenvalue weighted by Crippen LogP contribution is 2.22. The molecule has 130 valence electrons.